The van der Waals surface area contributed by atoms with E-state index in [1.165, 1.54) is 0 Å². The van der Waals surface area contributed by atoms with E-state index in [4.69, 9.17) is 0 Å². The highest BCUT2D eigenvalue weighted by atomic mass is 16.1. The molecule has 0 aromatic heterocycles. The summed E-state index contributed by atoms with van der Waals surface area (Å²) in [4.78, 5) is 10.9. The Morgan fingerprint density at radius 1 is 1.08 bits per heavy atom. The van der Waals surface area contributed by atoms with Gasteiger partial charge in [0, 0.05) is 5.41 Å². The van der Waals surface area contributed by atoms with Gasteiger partial charge < -0.3 is 4.79 Å². The molecule has 0 bridgehead atoms. The zero-order chi connectivity index (χ0) is 9.83. The number of hydrogen-bond acceptors (Lipinski definition) is 1. The van der Waals surface area contributed by atoms with Crippen LogP contribution in [0.2, 0.25) is 0 Å². The number of carbonyl (C=O) groups is 1. The molecule has 1 atom stereocenters. The van der Waals surface area contributed by atoms with Crippen LogP contribution >= 0.6 is 0 Å². The van der Waals surface area contributed by atoms with Crippen LogP contribution < -0.4 is 0 Å². The molecule has 0 rings (SSSR count). The lowest BCUT2D eigenvalue weighted by Gasteiger charge is -2.32. The lowest BCUT2D eigenvalue weighted by Crippen LogP contribution is -2.26. The maximum atomic E-state index is 10.9. The van der Waals surface area contributed by atoms with Crippen LogP contribution in [-0.4, -0.2) is 6.29 Å². The fraction of sp³-hybridized carbons (Fsp3) is 0.909. The van der Waals surface area contributed by atoms with E-state index in [0.717, 1.165) is 25.5 Å². The van der Waals surface area contributed by atoms with Crippen molar-refractivity contribution in [1.29, 1.82) is 0 Å². The van der Waals surface area contributed by atoms with Gasteiger partial charge in [-0.15, -0.1) is 0 Å². The Balaban J connectivity index is 4.29. The smallest absolute Gasteiger partial charge is 0.125 e. The second-order valence-electron chi connectivity index (χ2n) is 4.82. The van der Waals surface area contributed by atoms with Crippen LogP contribution in [0.4, 0.5) is 0 Å². The van der Waals surface area contributed by atoms with E-state index in [1.807, 2.05) is 0 Å². The third-order valence-electron chi connectivity index (χ3n) is 2.93. The highest BCUT2D eigenvalue weighted by molar-refractivity contribution is 5.58. The summed E-state index contributed by atoms with van der Waals surface area (Å²) < 4.78 is 0. The fourth-order valence-corrected chi connectivity index (χ4v) is 1.47. The molecule has 1 nitrogen and oxygen atoms in total. The zero-order valence-electron chi connectivity index (χ0n) is 9.11. The summed E-state index contributed by atoms with van der Waals surface area (Å²) in [6.45, 7) is 10.8. The minimum atomic E-state index is -0.112. The van der Waals surface area contributed by atoms with E-state index in [2.05, 4.69) is 34.6 Å². The first-order valence-corrected chi connectivity index (χ1v) is 4.85. The lowest BCUT2D eigenvalue weighted by atomic mass is 9.72. The van der Waals surface area contributed by atoms with Crippen LogP contribution in [0.1, 0.15) is 53.9 Å². The molecule has 0 radical (unpaired) electrons. The largest absolute Gasteiger partial charge is 0.303 e. The first kappa shape index (κ1) is 11.7. The summed E-state index contributed by atoms with van der Waals surface area (Å²) in [6.07, 6.45) is 4.19. The predicted octanol–water partition coefficient (Wildman–Crippen LogP) is 3.43. The Morgan fingerprint density at radius 3 is 1.83 bits per heavy atom. The average molecular weight is 170 g/mol. The molecule has 12 heavy (non-hydrogen) atoms. The summed E-state index contributed by atoms with van der Waals surface area (Å²) in [6, 6.07) is 0. The van der Waals surface area contributed by atoms with Crippen LogP contribution in [0.25, 0.3) is 0 Å². The molecule has 0 heterocycles. The molecular weight excluding hydrogens is 148 g/mol. The van der Waals surface area contributed by atoms with E-state index in [-0.39, 0.29) is 5.41 Å². The maximum Gasteiger partial charge on any atom is 0.125 e. The molecular formula is C11H22O. The number of hydrogen-bond donors (Lipinski definition) is 0. The van der Waals surface area contributed by atoms with Crippen LogP contribution in [0.15, 0.2) is 0 Å². The quantitative estimate of drug-likeness (QED) is 0.578. The van der Waals surface area contributed by atoms with Crippen LogP contribution in [0.3, 0.4) is 0 Å². The third kappa shape index (κ3) is 3.38. The van der Waals surface area contributed by atoms with Gasteiger partial charge in [-0.25, -0.2) is 0 Å². The average Bonchev–Trinajstić information content (AvgIpc) is 2.04. The van der Waals surface area contributed by atoms with Gasteiger partial charge in [0.1, 0.15) is 6.29 Å². The topological polar surface area (TPSA) is 17.1 Å². The van der Waals surface area contributed by atoms with Crippen LogP contribution in [0.5, 0.6) is 0 Å². The van der Waals surface area contributed by atoms with Gasteiger partial charge in [0.05, 0.1) is 0 Å². The second-order valence-corrected chi connectivity index (χ2v) is 4.82. The van der Waals surface area contributed by atoms with Crippen molar-refractivity contribution in [2.24, 2.45) is 10.8 Å². The van der Waals surface area contributed by atoms with Crippen LogP contribution in [0, 0.1) is 10.8 Å². The first-order valence-electron chi connectivity index (χ1n) is 4.85. The van der Waals surface area contributed by atoms with Gasteiger partial charge in [-0.3, -0.25) is 0 Å². The molecule has 1 unspecified atom stereocenters. The maximum absolute atomic E-state index is 10.9. The Hall–Kier alpha value is -0.330. The Morgan fingerprint density at radius 2 is 1.58 bits per heavy atom. The van der Waals surface area contributed by atoms with E-state index in [1.54, 1.807) is 0 Å². The Bertz CT molecular complexity index is 149. The van der Waals surface area contributed by atoms with Gasteiger partial charge in [-0.1, -0.05) is 41.0 Å². The van der Waals surface area contributed by atoms with Gasteiger partial charge in [0.25, 0.3) is 0 Å². The van der Waals surface area contributed by atoms with Crippen molar-refractivity contribution in [2.75, 3.05) is 0 Å². The molecule has 72 valence electrons. The molecule has 0 spiro atoms. The van der Waals surface area contributed by atoms with Gasteiger partial charge in [-0.2, -0.15) is 0 Å². The number of aldehydes is 1. The van der Waals surface area contributed by atoms with Gasteiger partial charge >= 0.3 is 0 Å². The minimum Gasteiger partial charge on any atom is -0.303 e. The van der Waals surface area contributed by atoms with Crippen molar-refractivity contribution < 1.29 is 4.79 Å². The molecule has 0 N–H and O–H groups in total. The molecule has 0 aliphatic carbocycles. The van der Waals surface area contributed by atoms with E-state index >= 15 is 0 Å². The van der Waals surface area contributed by atoms with E-state index < -0.39 is 0 Å². The monoisotopic (exact) mass is 170 g/mol. The molecule has 0 amide bonds. The molecule has 0 fully saturated rings. The SMILES string of the molecule is CCC(C)(C)CC(C)(C=O)CC. The molecule has 0 saturated carbocycles. The van der Waals surface area contributed by atoms with Crippen molar-refractivity contribution in [2.45, 2.75) is 53.9 Å². The molecule has 0 aliphatic heterocycles. The summed E-state index contributed by atoms with van der Waals surface area (Å²) in [5.74, 6) is 0. The van der Waals surface area contributed by atoms with Crippen molar-refractivity contribution in [3.8, 4) is 0 Å². The van der Waals surface area contributed by atoms with Crippen LogP contribution in [-0.2, 0) is 4.79 Å². The molecule has 0 aromatic rings. The summed E-state index contributed by atoms with van der Waals surface area (Å²) in [5, 5.41) is 0. The highest BCUT2D eigenvalue weighted by Crippen LogP contribution is 2.36. The standard InChI is InChI=1S/C11H22O/c1-6-10(3,4)8-11(5,7-2)9-12/h9H,6-8H2,1-5H3. The van der Waals surface area contributed by atoms with Gasteiger partial charge in [-0.05, 0) is 18.3 Å². The molecule has 1 heteroatoms. The zero-order valence-corrected chi connectivity index (χ0v) is 9.11. The van der Waals surface area contributed by atoms with Crippen molar-refractivity contribution >= 4 is 6.29 Å². The molecule has 0 aliphatic rings. The number of carbonyl (C=O) groups excluding carboxylic acids is 1. The normalized spacial score (nSPS) is 17.1. The molecule has 0 saturated heterocycles. The van der Waals surface area contributed by atoms with Crippen molar-refractivity contribution in [1.82, 2.24) is 0 Å². The summed E-state index contributed by atoms with van der Waals surface area (Å²) in [5.41, 5.74) is 0.186. The van der Waals surface area contributed by atoms with Crippen molar-refractivity contribution in [3.63, 3.8) is 0 Å². The van der Waals surface area contributed by atoms with Gasteiger partial charge in [0.2, 0.25) is 0 Å². The van der Waals surface area contributed by atoms with E-state index in [0.29, 0.717) is 5.41 Å². The predicted molar refractivity (Wildman–Crippen MR) is 53.2 cm³/mol. The molecule has 0 aromatic carbocycles. The summed E-state index contributed by atoms with van der Waals surface area (Å²) >= 11 is 0. The first-order chi connectivity index (χ1) is 5.39. The fourth-order valence-electron chi connectivity index (χ4n) is 1.47. The Kier molecular flexibility index (Phi) is 3.95. The highest BCUT2D eigenvalue weighted by Gasteiger charge is 2.29. The van der Waals surface area contributed by atoms with Crippen molar-refractivity contribution in [3.05, 3.63) is 0 Å². The van der Waals surface area contributed by atoms with E-state index in [9.17, 15) is 4.79 Å². The summed E-state index contributed by atoms with van der Waals surface area (Å²) in [7, 11) is 0. The number of rotatable bonds is 5. The lowest BCUT2D eigenvalue weighted by molar-refractivity contribution is -0.117. The van der Waals surface area contributed by atoms with Gasteiger partial charge in [0.15, 0.2) is 0 Å². The minimum absolute atomic E-state index is 0.112. The Labute approximate surface area is 76.6 Å². The third-order valence-corrected chi connectivity index (χ3v) is 2.93. The second kappa shape index (κ2) is 4.06.